The Hall–Kier alpha value is -4.27. The molecule has 0 spiro atoms. The number of aromatic nitrogens is 1. The van der Waals surface area contributed by atoms with E-state index in [9.17, 15) is 0 Å². The van der Waals surface area contributed by atoms with E-state index in [4.69, 9.17) is 4.98 Å². The Morgan fingerprint density at radius 3 is 1.78 bits per heavy atom. The summed E-state index contributed by atoms with van der Waals surface area (Å²) < 4.78 is 1.06. The minimum Gasteiger partial charge on any atom is -0.247 e. The molecule has 0 saturated heterocycles. The second kappa shape index (κ2) is 8.99. The molecule has 1 heterocycles. The molecule has 1 aromatic heterocycles. The van der Waals surface area contributed by atoms with E-state index in [2.05, 4.69) is 149 Å². The lowest BCUT2D eigenvalue weighted by atomic mass is 9.89. The molecule has 0 unspecified atom stereocenters. The number of rotatable bonds is 3. The highest BCUT2D eigenvalue weighted by Gasteiger charge is 2.17. The van der Waals surface area contributed by atoms with Gasteiger partial charge >= 0.3 is 0 Å². The van der Waals surface area contributed by atoms with Gasteiger partial charge in [-0.2, -0.15) is 0 Å². The van der Waals surface area contributed by atoms with Crippen molar-refractivity contribution in [3.8, 4) is 33.5 Å². The third-order valence-electron chi connectivity index (χ3n) is 7.07. The summed E-state index contributed by atoms with van der Waals surface area (Å²) in [5, 5.41) is 6.08. The van der Waals surface area contributed by atoms with E-state index in [0.29, 0.717) is 0 Å². The number of hydrogen-bond donors (Lipinski definition) is 0. The Morgan fingerprint density at radius 2 is 1.03 bits per heavy atom. The molecule has 0 aliphatic rings. The number of fused-ring (bicyclic) bond motifs is 5. The van der Waals surface area contributed by atoms with Gasteiger partial charge in [-0.1, -0.05) is 119 Å². The van der Waals surface area contributed by atoms with Gasteiger partial charge in [0.2, 0.25) is 0 Å². The van der Waals surface area contributed by atoms with Gasteiger partial charge in [0.15, 0.2) is 0 Å². The maximum Gasteiger partial charge on any atom is 0.0788 e. The summed E-state index contributed by atoms with van der Waals surface area (Å²) in [4.78, 5) is 5.19. The van der Waals surface area contributed by atoms with Crippen molar-refractivity contribution in [3.05, 3.63) is 138 Å². The molecule has 0 amide bonds. The molecule has 0 radical (unpaired) electrons. The summed E-state index contributed by atoms with van der Waals surface area (Å²) >= 11 is 3.79. The number of para-hydroxylation sites is 1. The average molecular weight is 536 g/mol. The van der Waals surface area contributed by atoms with Crippen LogP contribution in [0.25, 0.3) is 66.0 Å². The summed E-state index contributed by atoms with van der Waals surface area (Å²) in [5.74, 6) is 0. The first-order valence-electron chi connectivity index (χ1n) is 12.4. The normalized spacial score (nSPS) is 11.4. The number of pyridine rings is 1. The first-order chi connectivity index (χ1) is 18.3. The lowest BCUT2D eigenvalue weighted by Crippen LogP contribution is -1.93. The first kappa shape index (κ1) is 22.0. The molecule has 174 valence electrons. The third kappa shape index (κ3) is 3.82. The van der Waals surface area contributed by atoms with Gasteiger partial charge in [-0.25, -0.2) is 4.98 Å². The molecule has 0 N–H and O–H groups in total. The number of halogens is 1. The Labute approximate surface area is 224 Å². The van der Waals surface area contributed by atoms with Crippen molar-refractivity contribution in [1.29, 1.82) is 0 Å². The fourth-order valence-corrected chi connectivity index (χ4v) is 5.91. The summed E-state index contributed by atoms with van der Waals surface area (Å²) in [6, 6.07) is 47.4. The molecule has 37 heavy (non-hydrogen) atoms. The van der Waals surface area contributed by atoms with Gasteiger partial charge in [-0.05, 0) is 63.4 Å². The molecular formula is C35H22BrN. The fraction of sp³-hybridized carbons (Fsp3) is 0. The monoisotopic (exact) mass is 535 g/mol. The van der Waals surface area contributed by atoms with Gasteiger partial charge in [0.05, 0.1) is 11.2 Å². The number of nitrogens with zero attached hydrogens (tertiary/aromatic N) is 1. The second-order valence-electron chi connectivity index (χ2n) is 9.33. The molecule has 0 fully saturated rings. The summed E-state index contributed by atoms with van der Waals surface area (Å²) in [6.45, 7) is 0. The lowest BCUT2D eigenvalue weighted by Gasteiger charge is -2.17. The van der Waals surface area contributed by atoms with Gasteiger partial charge in [0.1, 0.15) is 0 Å². The molecule has 7 aromatic rings. The highest BCUT2D eigenvalue weighted by Crippen LogP contribution is 2.42. The van der Waals surface area contributed by atoms with Crippen LogP contribution < -0.4 is 0 Å². The van der Waals surface area contributed by atoms with Crippen LogP contribution in [0.15, 0.2) is 138 Å². The maximum absolute atomic E-state index is 5.19. The number of benzene rings is 6. The van der Waals surface area contributed by atoms with Crippen molar-refractivity contribution in [2.24, 2.45) is 0 Å². The van der Waals surface area contributed by atoms with Crippen LogP contribution in [0.1, 0.15) is 0 Å². The van der Waals surface area contributed by atoms with Crippen molar-refractivity contribution in [3.63, 3.8) is 0 Å². The predicted octanol–water partition coefficient (Wildman–Crippen LogP) is 10.3. The minimum atomic E-state index is 1.01. The smallest absolute Gasteiger partial charge is 0.0788 e. The third-order valence-corrected chi connectivity index (χ3v) is 7.53. The molecule has 7 rings (SSSR count). The largest absolute Gasteiger partial charge is 0.247 e. The Kier molecular flexibility index (Phi) is 5.34. The maximum atomic E-state index is 5.19. The molecule has 0 saturated carbocycles. The lowest BCUT2D eigenvalue weighted by molar-refractivity contribution is 1.43. The number of hydrogen-bond acceptors (Lipinski definition) is 1. The van der Waals surface area contributed by atoms with Crippen molar-refractivity contribution < 1.29 is 0 Å². The Balaban J connectivity index is 1.62. The van der Waals surface area contributed by atoms with Crippen LogP contribution >= 0.6 is 15.9 Å². The highest BCUT2D eigenvalue weighted by molar-refractivity contribution is 9.10. The van der Waals surface area contributed by atoms with Crippen molar-refractivity contribution in [2.45, 2.75) is 0 Å². The van der Waals surface area contributed by atoms with Gasteiger partial charge in [0.25, 0.3) is 0 Å². The summed E-state index contributed by atoms with van der Waals surface area (Å²) in [7, 11) is 0. The molecular weight excluding hydrogens is 514 g/mol. The zero-order valence-corrected chi connectivity index (χ0v) is 21.6. The van der Waals surface area contributed by atoms with Crippen molar-refractivity contribution in [1.82, 2.24) is 4.98 Å². The van der Waals surface area contributed by atoms with Crippen molar-refractivity contribution in [2.75, 3.05) is 0 Å². The van der Waals surface area contributed by atoms with Crippen LogP contribution in [0.3, 0.4) is 0 Å². The van der Waals surface area contributed by atoms with Crippen LogP contribution in [-0.4, -0.2) is 4.98 Å². The van der Waals surface area contributed by atoms with Gasteiger partial charge in [-0.3, -0.25) is 0 Å². The first-order valence-corrected chi connectivity index (χ1v) is 13.2. The highest BCUT2D eigenvalue weighted by atomic mass is 79.9. The van der Waals surface area contributed by atoms with E-state index < -0.39 is 0 Å². The minimum absolute atomic E-state index is 1.01. The molecule has 6 aromatic carbocycles. The molecule has 0 aliphatic heterocycles. The Bertz CT molecular complexity index is 1930. The quantitative estimate of drug-likeness (QED) is 0.205. The van der Waals surface area contributed by atoms with Crippen LogP contribution in [0, 0.1) is 0 Å². The molecule has 1 nitrogen and oxygen atoms in total. The van der Waals surface area contributed by atoms with Crippen LogP contribution in [0.5, 0.6) is 0 Å². The molecule has 0 bridgehead atoms. The summed E-state index contributed by atoms with van der Waals surface area (Å²) in [6.07, 6.45) is 0. The van der Waals surface area contributed by atoms with E-state index in [-0.39, 0.29) is 0 Å². The molecule has 0 atom stereocenters. The van der Waals surface area contributed by atoms with E-state index in [0.717, 1.165) is 21.2 Å². The Morgan fingerprint density at radius 1 is 0.432 bits per heavy atom. The van der Waals surface area contributed by atoms with E-state index in [1.807, 2.05) is 0 Å². The van der Waals surface area contributed by atoms with Crippen molar-refractivity contribution >= 4 is 48.4 Å². The van der Waals surface area contributed by atoms with Crippen LogP contribution in [0.2, 0.25) is 0 Å². The van der Waals surface area contributed by atoms with E-state index in [1.54, 1.807) is 0 Å². The second-order valence-corrected chi connectivity index (χ2v) is 10.2. The molecule has 0 aliphatic carbocycles. The fourth-order valence-electron chi connectivity index (χ4n) is 5.41. The predicted molar refractivity (Wildman–Crippen MR) is 161 cm³/mol. The topological polar surface area (TPSA) is 12.9 Å². The zero-order valence-electron chi connectivity index (χ0n) is 20.0. The van der Waals surface area contributed by atoms with Gasteiger partial charge in [-0.15, -0.1) is 0 Å². The average Bonchev–Trinajstić information content (AvgIpc) is 2.96. The summed E-state index contributed by atoms with van der Waals surface area (Å²) in [5.41, 5.74) is 7.93. The van der Waals surface area contributed by atoms with Crippen LogP contribution in [0.4, 0.5) is 0 Å². The van der Waals surface area contributed by atoms with Gasteiger partial charge < -0.3 is 0 Å². The van der Waals surface area contributed by atoms with E-state index >= 15 is 0 Å². The van der Waals surface area contributed by atoms with Gasteiger partial charge in [0, 0.05) is 26.2 Å². The SMILES string of the molecule is Brc1cc(-c2ccccc2)cc(-c2cc3c(-c4ccccc4)nc4ccccc4c3c3ccccc23)c1. The van der Waals surface area contributed by atoms with E-state index in [1.165, 1.54) is 49.2 Å². The van der Waals surface area contributed by atoms with Crippen LogP contribution in [-0.2, 0) is 0 Å². The standard InChI is InChI=1S/C35H22BrN/c36-27-20-25(23-11-3-1-4-12-23)19-26(21-27)31-22-32-34(29-16-8-7-15-28(29)31)30-17-9-10-18-33(30)37-35(32)24-13-5-2-6-14-24/h1-22H. The zero-order chi connectivity index (χ0) is 24.8. The molecule has 2 heteroatoms.